The van der Waals surface area contributed by atoms with Crippen molar-refractivity contribution in [2.45, 2.75) is 12.8 Å². The summed E-state index contributed by atoms with van der Waals surface area (Å²) >= 11 is 0. The van der Waals surface area contributed by atoms with Gasteiger partial charge in [-0.05, 0) is 25.0 Å². The van der Waals surface area contributed by atoms with Gasteiger partial charge in [-0.1, -0.05) is 0 Å². The summed E-state index contributed by atoms with van der Waals surface area (Å²) in [4.78, 5) is 25.8. The third-order valence-electron chi connectivity index (χ3n) is 3.80. The standard InChI is InChI=1S/C16H17FN4O2/c17-14-9-18-7-4-13(14)15(22)21-8-1-3-12(10-21)11-23-16-19-5-2-6-20-16/h2,4-7,9,12H,1,3,8,10-11H2. The smallest absolute Gasteiger partial charge is 0.316 e. The first kappa shape index (κ1) is 15.3. The second-order valence-electron chi connectivity index (χ2n) is 5.46. The molecule has 2 aromatic heterocycles. The molecule has 2 aromatic rings. The third kappa shape index (κ3) is 3.80. The first-order valence-electron chi connectivity index (χ1n) is 7.52. The minimum absolute atomic E-state index is 0.0629. The number of hydrogen-bond donors (Lipinski definition) is 0. The van der Waals surface area contributed by atoms with Gasteiger partial charge in [-0.25, -0.2) is 14.4 Å². The molecule has 0 bridgehead atoms. The van der Waals surface area contributed by atoms with Crippen LogP contribution in [0.5, 0.6) is 6.01 Å². The molecule has 0 aliphatic carbocycles. The Labute approximate surface area is 133 Å². The Bertz CT molecular complexity index is 668. The summed E-state index contributed by atoms with van der Waals surface area (Å²) in [5.74, 6) is -0.708. The number of carbonyl (C=O) groups is 1. The average molecular weight is 316 g/mol. The molecule has 3 rings (SSSR count). The molecule has 1 unspecified atom stereocenters. The van der Waals surface area contributed by atoms with Crippen molar-refractivity contribution in [3.05, 3.63) is 48.3 Å². The molecule has 0 aromatic carbocycles. The van der Waals surface area contributed by atoms with E-state index in [9.17, 15) is 9.18 Å². The Morgan fingerprint density at radius 2 is 2.17 bits per heavy atom. The summed E-state index contributed by atoms with van der Waals surface area (Å²) in [6, 6.07) is 3.46. The molecule has 0 saturated carbocycles. The molecule has 1 fully saturated rings. The number of nitrogens with zero attached hydrogens (tertiary/aromatic N) is 4. The van der Waals surface area contributed by atoms with E-state index in [4.69, 9.17) is 4.74 Å². The lowest BCUT2D eigenvalue weighted by molar-refractivity contribution is 0.0624. The number of piperidine rings is 1. The Morgan fingerprint density at radius 1 is 1.35 bits per heavy atom. The van der Waals surface area contributed by atoms with Crippen LogP contribution < -0.4 is 4.74 Å². The van der Waals surface area contributed by atoms with Crippen molar-refractivity contribution in [1.82, 2.24) is 19.9 Å². The van der Waals surface area contributed by atoms with Crippen LogP contribution >= 0.6 is 0 Å². The summed E-state index contributed by atoms with van der Waals surface area (Å²) < 4.78 is 19.3. The fourth-order valence-corrected chi connectivity index (χ4v) is 2.66. The Hall–Kier alpha value is -2.57. The molecule has 120 valence electrons. The van der Waals surface area contributed by atoms with Gasteiger partial charge in [0.05, 0.1) is 18.4 Å². The highest BCUT2D eigenvalue weighted by Crippen LogP contribution is 2.20. The lowest BCUT2D eigenvalue weighted by atomic mass is 9.98. The van der Waals surface area contributed by atoms with Gasteiger partial charge in [0.25, 0.3) is 5.91 Å². The Morgan fingerprint density at radius 3 is 2.96 bits per heavy atom. The van der Waals surface area contributed by atoms with E-state index in [0.717, 1.165) is 19.0 Å². The van der Waals surface area contributed by atoms with Crippen molar-refractivity contribution in [2.24, 2.45) is 5.92 Å². The van der Waals surface area contributed by atoms with E-state index >= 15 is 0 Å². The number of pyridine rings is 1. The topological polar surface area (TPSA) is 68.2 Å². The van der Waals surface area contributed by atoms with Crippen molar-refractivity contribution in [1.29, 1.82) is 0 Å². The molecular formula is C16H17FN4O2. The second-order valence-corrected chi connectivity index (χ2v) is 5.46. The molecule has 1 amide bonds. The van der Waals surface area contributed by atoms with Crippen LogP contribution in [-0.4, -0.2) is 45.5 Å². The van der Waals surface area contributed by atoms with Crippen LogP contribution in [0.3, 0.4) is 0 Å². The lowest BCUT2D eigenvalue weighted by Crippen LogP contribution is -2.42. The van der Waals surface area contributed by atoms with Gasteiger partial charge in [0.15, 0.2) is 5.82 Å². The van der Waals surface area contributed by atoms with E-state index in [1.54, 1.807) is 23.4 Å². The fraction of sp³-hybridized carbons (Fsp3) is 0.375. The quantitative estimate of drug-likeness (QED) is 0.862. The molecule has 23 heavy (non-hydrogen) atoms. The van der Waals surface area contributed by atoms with Gasteiger partial charge in [-0.15, -0.1) is 0 Å². The number of ether oxygens (including phenoxy) is 1. The molecular weight excluding hydrogens is 299 g/mol. The fourth-order valence-electron chi connectivity index (χ4n) is 2.66. The molecule has 7 heteroatoms. The zero-order chi connectivity index (χ0) is 16.1. The van der Waals surface area contributed by atoms with Crippen LogP contribution in [0.25, 0.3) is 0 Å². The van der Waals surface area contributed by atoms with E-state index in [1.165, 1.54) is 12.3 Å². The van der Waals surface area contributed by atoms with Gasteiger partial charge in [0, 0.05) is 37.6 Å². The molecule has 1 aliphatic heterocycles. The maximum absolute atomic E-state index is 13.7. The number of rotatable bonds is 4. The number of amides is 1. The molecule has 1 aliphatic rings. The zero-order valence-electron chi connectivity index (χ0n) is 12.6. The van der Waals surface area contributed by atoms with Crippen LogP contribution in [0.1, 0.15) is 23.2 Å². The van der Waals surface area contributed by atoms with Gasteiger partial charge in [-0.2, -0.15) is 0 Å². The van der Waals surface area contributed by atoms with Gasteiger partial charge >= 0.3 is 6.01 Å². The minimum Gasteiger partial charge on any atom is -0.463 e. The zero-order valence-corrected chi connectivity index (χ0v) is 12.6. The van der Waals surface area contributed by atoms with Crippen molar-refractivity contribution in [2.75, 3.05) is 19.7 Å². The van der Waals surface area contributed by atoms with Crippen molar-refractivity contribution < 1.29 is 13.9 Å². The van der Waals surface area contributed by atoms with E-state index in [1.807, 2.05) is 0 Å². The molecule has 0 spiro atoms. The van der Waals surface area contributed by atoms with E-state index in [0.29, 0.717) is 25.7 Å². The predicted molar refractivity (Wildman–Crippen MR) is 80.3 cm³/mol. The normalized spacial score (nSPS) is 17.8. The highest BCUT2D eigenvalue weighted by Gasteiger charge is 2.26. The predicted octanol–water partition coefficient (Wildman–Crippen LogP) is 1.94. The highest BCUT2D eigenvalue weighted by molar-refractivity contribution is 5.94. The van der Waals surface area contributed by atoms with E-state index in [2.05, 4.69) is 15.0 Å². The average Bonchev–Trinajstić information content (AvgIpc) is 2.61. The van der Waals surface area contributed by atoms with E-state index < -0.39 is 5.82 Å². The van der Waals surface area contributed by atoms with Crippen molar-refractivity contribution >= 4 is 5.91 Å². The van der Waals surface area contributed by atoms with Crippen molar-refractivity contribution in [3.8, 4) is 6.01 Å². The monoisotopic (exact) mass is 316 g/mol. The summed E-state index contributed by atoms with van der Waals surface area (Å²) in [6.07, 6.45) is 7.53. The second kappa shape index (κ2) is 7.13. The summed E-state index contributed by atoms with van der Waals surface area (Å²) in [7, 11) is 0. The van der Waals surface area contributed by atoms with Crippen LogP contribution in [0.4, 0.5) is 4.39 Å². The van der Waals surface area contributed by atoms with E-state index in [-0.39, 0.29) is 17.4 Å². The number of hydrogen-bond acceptors (Lipinski definition) is 5. The molecule has 0 radical (unpaired) electrons. The Balaban J connectivity index is 1.60. The number of aromatic nitrogens is 3. The highest BCUT2D eigenvalue weighted by atomic mass is 19.1. The Kier molecular flexibility index (Phi) is 4.75. The molecule has 1 atom stereocenters. The molecule has 3 heterocycles. The first-order chi connectivity index (χ1) is 11.2. The molecule has 6 nitrogen and oxygen atoms in total. The summed E-state index contributed by atoms with van der Waals surface area (Å²) in [5.41, 5.74) is 0.0629. The third-order valence-corrected chi connectivity index (χ3v) is 3.80. The van der Waals surface area contributed by atoms with Crippen LogP contribution in [0.15, 0.2) is 36.9 Å². The lowest BCUT2D eigenvalue weighted by Gasteiger charge is -2.32. The van der Waals surface area contributed by atoms with Gasteiger partial charge in [0.2, 0.25) is 0 Å². The first-order valence-corrected chi connectivity index (χ1v) is 7.52. The molecule has 1 saturated heterocycles. The maximum atomic E-state index is 13.7. The van der Waals surface area contributed by atoms with Gasteiger partial charge in [-0.3, -0.25) is 9.78 Å². The maximum Gasteiger partial charge on any atom is 0.316 e. The van der Waals surface area contributed by atoms with Gasteiger partial charge in [0.1, 0.15) is 0 Å². The van der Waals surface area contributed by atoms with Crippen LogP contribution in [0.2, 0.25) is 0 Å². The van der Waals surface area contributed by atoms with Crippen molar-refractivity contribution in [3.63, 3.8) is 0 Å². The number of likely N-dealkylation sites (tertiary alicyclic amines) is 1. The van der Waals surface area contributed by atoms with Crippen LogP contribution in [-0.2, 0) is 0 Å². The molecule has 0 N–H and O–H groups in total. The van der Waals surface area contributed by atoms with Crippen LogP contribution in [0, 0.1) is 11.7 Å². The van der Waals surface area contributed by atoms with Gasteiger partial charge < -0.3 is 9.64 Å². The number of halogens is 1. The largest absolute Gasteiger partial charge is 0.463 e. The minimum atomic E-state index is -0.589. The summed E-state index contributed by atoms with van der Waals surface area (Å²) in [5, 5.41) is 0. The number of carbonyl (C=O) groups excluding carboxylic acids is 1. The summed E-state index contributed by atoms with van der Waals surface area (Å²) in [6.45, 7) is 1.60. The SMILES string of the molecule is O=C(c1ccncc1F)N1CCCC(COc2ncccn2)C1.